The van der Waals surface area contributed by atoms with Gasteiger partial charge >= 0.3 is 0 Å². The lowest BCUT2D eigenvalue weighted by atomic mass is 10.1. The van der Waals surface area contributed by atoms with Gasteiger partial charge in [-0.1, -0.05) is 18.2 Å². The largest absolute Gasteiger partial charge is 0.459 e. The molecule has 5 heteroatoms. The van der Waals surface area contributed by atoms with E-state index in [1.807, 2.05) is 67.1 Å². The summed E-state index contributed by atoms with van der Waals surface area (Å²) in [5.41, 5.74) is 3.39. The molecule has 0 aliphatic rings. The zero-order valence-electron chi connectivity index (χ0n) is 14.6. The summed E-state index contributed by atoms with van der Waals surface area (Å²) >= 11 is 0. The van der Waals surface area contributed by atoms with E-state index in [1.54, 1.807) is 18.3 Å². The van der Waals surface area contributed by atoms with Crippen LogP contribution in [0.1, 0.15) is 34.8 Å². The van der Waals surface area contributed by atoms with E-state index in [1.165, 1.54) is 0 Å². The number of benzene rings is 2. The first-order valence-corrected chi connectivity index (χ1v) is 8.52. The summed E-state index contributed by atoms with van der Waals surface area (Å²) < 4.78 is 7.65. The second-order valence-electron chi connectivity index (χ2n) is 6.31. The number of furan rings is 1. The Bertz CT molecular complexity index is 1030. The van der Waals surface area contributed by atoms with Crippen LogP contribution < -0.4 is 5.32 Å². The van der Waals surface area contributed by atoms with E-state index in [4.69, 9.17) is 4.42 Å². The van der Waals surface area contributed by atoms with Crippen LogP contribution in [0.15, 0.2) is 71.3 Å². The molecule has 1 N–H and O–H groups in total. The third-order valence-electron chi connectivity index (χ3n) is 4.42. The minimum absolute atomic E-state index is 0.137. The Morgan fingerprint density at radius 1 is 1.12 bits per heavy atom. The molecule has 130 valence electrons. The maximum Gasteiger partial charge on any atom is 0.251 e. The SMILES string of the molecule is Cc1ccnn1-c1ccc(C(=O)N[C@@H](C)c2cc3ccccc3o2)cc1. The Hall–Kier alpha value is -3.34. The van der Waals surface area contributed by atoms with E-state index in [0.29, 0.717) is 5.56 Å². The number of aromatic nitrogens is 2. The summed E-state index contributed by atoms with van der Waals surface area (Å²) in [6.45, 7) is 3.90. The molecule has 0 spiro atoms. The zero-order chi connectivity index (χ0) is 18.1. The molecule has 0 bridgehead atoms. The average molecular weight is 345 g/mol. The van der Waals surface area contributed by atoms with Crippen molar-refractivity contribution < 1.29 is 9.21 Å². The second kappa shape index (κ2) is 6.52. The molecule has 0 fully saturated rings. The molecule has 2 aromatic heterocycles. The van der Waals surface area contributed by atoms with Gasteiger partial charge in [-0.2, -0.15) is 5.10 Å². The van der Waals surface area contributed by atoms with E-state index in [-0.39, 0.29) is 11.9 Å². The summed E-state index contributed by atoms with van der Waals surface area (Å²) in [7, 11) is 0. The number of hydrogen-bond acceptors (Lipinski definition) is 3. The molecule has 2 heterocycles. The van der Waals surface area contributed by atoms with Crippen molar-refractivity contribution in [2.75, 3.05) is 0 Å². The highest BCUT2D eigenvalue weighted by Gasteiger charge is 2.15. The fourth-order valence-electron chi connectivity index (χ4n) is 2.96. The molecule has 0 saturated heterocycles. The van der Waals surface area contributed by atoms with E-state index in [2.05, 4.69) is 10.4 Å². The summed E-state index contributed by atoms with van der Waals surface area (Å²) in [6.07, 6.45) is 1.75. The maximum atomic E-state index is 12.5. The number of para-hydroxylation sites is 1. The lowest BCUT2D eigenvalue weighted by Crippen LogP contribution is -2.26. The van der Waals surface area contributed by atoms with Crippen LogP contribution in [0.2, 0.25) is 0 Å². The number of nitrogens with zero attached hydrogens (tertiary/aromatic N) is 2. The third kappa shape index (κ3) is 2.99. The minimum atomic E-state index is -0.220. The van der Waals surface area contributed by atoms with Gasteiger partial charge in [0.1, 0.15) is 11.3 Å². The summed E-state index contributed by atoms with van der Waals surface area (Å²) in [5, 5.41) is 8.29. The topological polar surface area (TPSA) is 60.1 Å². The monoisotopic (exact) mass is 345 g/mol. The van der Waals surface area contributed by atoms with E-state index < -0.39 is 0 Å². The van der Waals surface area contributed by atoms with Crippen molar-refractivity contribution in [1.29, 1.82) is 0 Å². The van der Waals surface area contributed by atoms with Gasteiger partial charge in [0.05, 0.1) is 11.7 Å². The Balaban J connectivity index is 1.49. The highest BCUT2D eigenvalue weighted by molar-refractivity contribution is 5.94. The van der Waals surface area contributed by atoms with Crippen molar-refractivity contribution in [2.45, 2.75) is 19.9 Å². The molecule has 0 aliphatic heterocycles. The van der Waals surface area contributed by atoms with Crippen molar-refractivity contribution in [1.82, 2.24) is 15.1 Å². The van der Waals surface area contributed by atoms with Crippen LogP contribution in [0.5, 0.6) is 0 Å². The molecule has 5 nitrogen and oxygen atoms in total. The molecule has 1 atom stereocenters. The predicted octanol–water partition coefficient (Wildman–Crippen LogP) is 4.42. The van der Waals surface area contributed by atoms with E-state index in [9.17, 15) is 4.79 Å². The van der Waals surface area contributed by atoms with Crippen molar-refractivity contribution in [2.24, 2.45) is 0 Å². The van der Waals surface area contributed by atoms with Gasteiger partial charge in [0, 0.05) is 22.8 Å². The fourth-order valence-corrected chi connectivity index (χ4v) is 2.96. The molecular formula is C21H19N3O2. The maximum absolute atomic E-state index is 12.5. The quantitative estimate of drug-likeness (QED) is 0.596. The Morgan fingerprint density at radius 2 is 1.88 bits per heavy atom. The van der Waals surface area contributed by atoms with Gasteiger partial charge in [-0.25, -0.2) is 4.68 Å². The van der Waals surface area contributed by atoms with Crippen molar-refractivity contribution >= 4 is 16.9 Å². The Kier molecular flexibility index (Phi) is 4.05. The van der Waals surface area contributed by atoms with Gasteiger partial charge in [-0.15, -0.1) is 0 Å². The molecular weight excluding hydrogens is 326 g/mol. The molecule has 4 aromatic rings. The Labute approximate surface area is 151 Å². The molecule has 1 amide bonds. The molecule has 0 radical (unpaired) electrons. The smallest absolute Gasteiger partial charge is 0.251 e. The first-order chi connectivity index (χ1) is 12.6. The molecule has 26 heavy (non-hydrogen) atoms. The van der Waals surface area contributed by atoms with Crippen molar-refractivity contribution in [3.8, 4) is 5.69 Å². The van der Waals surface area contributed by atoms with Crippen LogP contribution in [0.25, 0.3) is 16.7 Å². The van der Waals surface area contributed by atoms with E-state index >= 15 is 0 Å². The van der Waals surface area contributed by atoms with Gasteiger partial charge in [0.15, 0.2) is 0 Å². The Morgan fingerprint density at radius 3 is 2.58 bits per heavy atom. The van der Waals surface area contributed by atoms with Gasteiger partial charge < -0.3 is 9.73 Å². The molecule has 0 saturated carbocycles. The minimum Gasteiger partial charge on any atom is -0.459 e. The van der Waals surface area contributed by atoms with E-state index in [0.717, 1.165) is 28.1 Å². The van der Waals surface area contributed by atoms with Crippen LogP contribution >= 0.6 is 0 Å². The second-order valence-corrected chi connectivity index (χ2v) is 6.31. The van der Waals surface area contributed by atoms with Crippen LogP contribution in [0, 0.1) is 6.92 Å². The van der Waals surface area contributed by atoms with Crippen molar-refractivity contribution in [3.05, 3.63) is 83.9 Å². The van der Waals surface area contributed by atoms with Crippen LogP contribution in [0.4, 0.5) is 0 Å². The average Bonchev–Trinajstić information content (AvgIpc) is 3.27. The summed E-state index contributed by atoms with van der Waals surface area (Å²) in [6, 6.07) is 18.9. The number of carbonyl (C=O) groups excluding carboxylic acids is 1. The molecule has 0 unspecified atom stereocenters. The first-order valence-electron chi connectivity index (χ1n) is 8.52. The van der Waals surface area contributed by atoms with Gasteiger partial charge in [0.2, 0.25) is 0 Å². The number of rotatable bonds is 4. The van der Waals surface area contributed by atoms with Crippen LogP contribution in [0.3, 0.4) is 0 Å². The lowest BCUT2D eigenvalue weighted by molar-refractivity contribution is 0.0935. The zero-order valence-corrected chi connectivity index (χ0v) is 14.6. The van der Waals surface area contributed by atoms with Gasteiger partial charge in [-0.3, -0.25) is 4.79 Å². The third-order valence-corrected chi connectivity index (χ3v) is 4.42. The standard InChI is InChI=1S/C21H19N3O2/c1-14-11-12-22-24(14)18-9-7-16(8-10-18)21(25)23-15(2)20-13-17-5-3-4-6-19(17)26-20/h3-13,15H,1-2H3,(H,23,25)/t15-/m0/s1. The number of nitrogens with one attached hydrogen (secondary N) is 1. The normalized spacial score (nSPS) is 12.2. The number of carbonyl (C=O) groups is 1. The summed E-state index contributed by atoms with van der Waals surface area (Å²) in [5.74, 6) is 0.602. The number of aryl methyl sites for hydroxylation is 1. The van der Waals surface area contributed by atoms with Crippen LogP contribution in [-0.4, -0.2) is 15.7 Å². The predicted molar refractivity (Wildman–Crippen MR) is 100 cm³/mol. The highest BCUT2D eigenvalue weighted by Crippen LogP contribution is 2.23. The van der Waals surface area contributed by atoms with Crippen LogP contribution in [-0.2, 0) is 0 Å². The molecule has 2 aromatic carbocycles. The number of fused-ring (bicyclic) bond motifs is 1. The van der Waals surface area contributed by atoms with Gasteiger partial charge in [0.25, 0.3) is 5.91 Å². The summed E-state index contributed by atoms with van der Waals surface area (Å²) in [4.78, 5) is 12.5. The fraction of sp³-hybridized carbons (Fsp3) is 0.143. The number of hydrogen-bond donors (Lipinski definition) is 1. The van der Waals surface area contributed by atoms with Gasteiger partial charge in [-0.05, 0) is 56.3 Å². The lowest BCUT2D eigenvalue weighted by Gasteiger charge is -2.12. The number of amides is 1. The molecule has 0 aliphatic carbocycles. The first kappa shape index (κ1) is 16.1. The van der Waals surface area contributed by atoms with Crippen molar-refractivity contribution in [3.63, 3.8) is 0 Å². The highest BCUT2D eigenvalue weighted by atomic mass is 16.3. The molecule has 4 rings (SSSR count).